The van der Waals surface area contributed by atoms with E-state index in [1.807, 2.05) is 21.7 Å². The van der Waals surface area contributed by atoms with Gasteiger partial charge in [0, 0.05) is 41.6 Å². The molecule has 1 fully saturated rings. The van der Waals surface area contributed by atoms with Crippen LogP contribution in [0.5, 0.6) is 0 Å². The fourth-order valence-corrected chi connectivity index (χ4v) is 6.26. The van der Waals surface area contributed by atoms with E-state index < -0.39 is 5.91 Å². The standard InChI is InChI=1S/C26H27N7O3S/c1-14-8-16(9-14)33-22-12-31(7-6-20(22)29-30-33)26(36)21-13-37-24(28-21)17-4-3-5-18-19(17)11-32(25(18)35)10-15(2)23(27)34/h3-5,13-14,16H,2,6-12H2,1H3,(H2,27,34). The third kappa shape index (κ3) is 4.03. The predicted molar refractivity (Wildman–Crippen MR) is 137 cm³/mol. The number of rotatable bonds is 6. The normalized spacial score (nSPS) is 20.4. The molecule has 2 aliphatic heterocycles. The summed E-state index contributed by atoms with van der Waals surface area (Å²) in [6.07, 6.45) is 2.87. The molecular weight excluding hydrogens is 490 g/mol. The van der Waals surface area contributed by atoms with Crippen molar-refractivity contribution in [1.29, 1.82) is 0 Å². The topological polar surface area (TPSA) is 127 Å². The molecule has 10 nitrogen and oxygen atoms in total. The van der Waals surface area contributed by atoms with Crippen LogP contribution in [0.1, 0.15) is 63.6 Å². The third-order valence-corrected chi connectivity index (χ3v) is 8.41. The fraction of sp³-hybridized carbons (Fsp3) is 0.385. The largest absolute Gasteiger partial charge is 0.366 e. The molecule has 2 N–H and O–H groups in total. The number of primary amides is 1. The number of fused-ring (bicyclic) bond motifs is 2. The molecule has 3 aliphatic rings. The van der Waals surface area contributed by atoms with Gasteiger partial charge in [0.2, 0.25) is 5.91 Å². The second-order valence-electron chi connectivity index (χ2n) is 10.1. The second kappa shape index (κ2) is 8.91. The van der Waals surface area contributed by atoms with Crippen LogP contribution < -0.4 is 5.73 Å². The summed E-state index contributed by atoms with van der Waals surface area (Å²) in [5.41, 5.74) is 10.1. The first kappa shape index (κ1) is 23.5. The summed E-state index contributed by atoms with van der Waals surface area (Å²) < 4.78 is 2.02. The van der Waals surface area contributed by atoms with Crippen molar-refractivity contribution >= 4 is 29.1 Å². The van der Waals surface area contributed by atoms with E-state index in [9.17, 15) is 14.4 Å². The lowest BCUT2D eigenvalue weighted by Gasteiger charge is -2.35. The molecule has 1 aromatic carbocycles. The lowest BCUT2D eigenvalue weighted by atomic mass is 9.82. The SMILES string of the molecule is C=C(CN1Cc2c(cccc2-c2nc(C(=O)N3CCc4nnn(C5CC(C)C5)c4C3)cs2)C1=O)C(N)=O. The monoisotopic (exact) mass is 517 g/mol. The molecular formula is C26H27N7O3S. The molecule has 190 valence electrons. The van der Waals surface area contributed by atoms with Gasteiger partial charge in [-0.05, 0) is 30.4 Å². The van der Waals surface area contributed by atoms with Crippen molar-refractivity contribution in [3.8, 4) is 10.6 Å². The molecule has 0 bridgehead atoms. The summed E-state index contributed by atoms with van der Waals surface area (Å²) in [5, 5.41) is 11.2. The average molecular weight is 518 g/mol. The van der Waals surface area contributed by atoms with Crippen LogP contribution in [0.2, 0.25) is 0 Å². The molecule has 0 atom stereocenters. The number of carbonyl (C=O) groups is 3. The van der Waals surface area contributed by atoms with E-state index >= 15 is 0 Å². The second-order valence-corrected chi connectivity index (χ2v) is 11.0. The van der Waals surface area contributed by atoms with Crippen LogP contribution in [-0.4, -0.2) is 60.6 Å². The van der Waals surface area contributed by atoms with E-state index in [1.54, 1.807) is 16.3 Å². The summed E-state index contributed by atoms with van der Waals surface area (Å²) in [6.45, 7) is 7.36. The molecule has 0 spiro atoms. The summed E-state index contributed by atoms with van der Waals surface area (Å²) in [5.74, 6) is -0.227. The van der Waals surface area contributed by atoms with Crippen molar-refractivity contribution in [2.75, 3.05) is 13.1 Å². The van der Waals surface area contributed by atoms with E-state index in [2.05, 4.69) is 28.8 Å². The number of carbonyl (C=O) groups excluding carboxylic acids is 3. The minimum absolute atomic E-state index is 0.0754. The van der Waals surface area contributed by atoms with Crippen molar-refractivity contribution < 1.29 is 14.4 Å². The van der Waals surface area contributed by atoms with Crippen molar-refractivity contribution in [3.63, 3.8) is 0 Å². The highest BCUT2D eigenvalue weighted by atomic mass is 32.1. The molecule has 11 heteroatoms. The molecule has 3 amide bonds. The number of aromatic nitrogens is 4. The Labute approximate surface area is 217 Å². The minimum Gasteiger partial charge on any atom is -0.366 e. The first-order valence-electron chi connectivity index (χ1n) is 12.4. The number of nitrogens with zero attached hydrogens (tertiary/aromatic N) is 6. The van der Waals surface area contributed by atoms with E-state index in [1.165, 1.54) is 11.3 Å². The zero-order valence-corrected chi connectivity index (χ0v) is 21.3. The number of amides is 3. The maximum atomic E-state index is 13.4. The Balaban J connectivity index is 1.21. The van der Waals surface area contributed by atoms with Gasteiger partial charge in [-0.1, -0.05) is 30.8 Å². The van der Waals surface area contributed by atoms with E-state index in [0.29, 0.717) is 54.3 Å². The van der Waals surface area contributed by atoms with Crippen LogP contribution in [0.3, 0.4) is 0 Å². The number of hydrogen-bond donors (Lipinski definition) is 1. The Morgan fingerprint density at radius 3 is 2.76 bits per heavy atom. The van der Waals surface area contributed by atoms with Gasteiger partial charge in [0.05, 0.1) is 30.5 Å². The highest BCUT2D eigenvalue weighted by molar-refractivity contribution is 7.13. The molecule has 4 heterocycles. The molecule has 6 rings (SSSR count). The number of hydrogen-bond acceptors (Lipinski definition) is 7. The van der Waals surface area contributed by atoms with Crippen LogP contribution >= 0.6 is 11.3 Å². The van der Waals surface area contributed by atoms with Crippen LogP contribution in [0, 0.1) is 5.92 Å². The maximum Gasteiger partial charge on any atom is 0.273 e. The first-order chi connectivity index (χ1) is 17.8. The lowest BCUT2D eigenvalue weighted by Crippen LogP contribution is -2.38. The summed E-state index contributed by atoms with van der Waals surface area (Å²) >= 11 is 1.38. The van der Waals surface area contributed by atoms with Gasteiger partial charge in [0.15, 0.2) is 0 Å². The van der Waals surface area contributed by atoms with E-state index in [4.69, 9.17) is 5.73 Å². The minimum atomic E-state index is -0.627. The van der Waals surface area contributed by atoms with Gasteiger partial charge >= 0.3 is 0 Å². The van der Waals surface area contributed by atoms with Crippen LogP contribution in [0.4, 0.5) is 0 Å². The van der Waals surface area contributed by atoms with E-state index in [0.717, 1.165) is 35.4 Å². The fourth-order valence-electron chi connectivity index (χ4n) is 5.42. The first-order valence-corrected chi connectivity index (χ1v) is 13.2. The lowest BCUT2D eigenvalue weighted by molar-refractivity contribution is -0.114. The molecule has 3 aromatic rings. The predicted octanol–water partition coefficient (Wildman–Crippen LogP) is 2.57. The van der Waals surface area contributed by atoms with Gasteiger partial charge in [-0.25, -0.2) is 9.67 Å². The third-order valence-electron chi connectivity index (χ3n) is 7.54. The van der Waals surface area contributed by atoms with Crippen molar-refractivity contribution in [2.24, 2.45) is 11.7 Å². The summed E-state index contributed by atoms with van der Waals surface area (Å²) in [4.78, 5) is 45.8. The average Bonchev–Trinajstić information content (AvgIpc) is 3.59. The highest BCUT2D eigenvalue weighted by Gasteiger charge is 2.35. The van der Waals surface area contributed by atoms with E-state index in [-0.39, 0.29) is 23.9 Å². The van der Waals surface area contributed by atoms with Gasteiger partial charge in [-0.2, -0.15) is 0 Å². The van der Waals surface area contributed by atoms with Gasteiger partial charge < -0.3 is 15.5 Å². The van der Waals surface area contributed by atoms with Crippen molar-refractivity contribution in [3.05, 3.63) is 63.9 Å². The zero-order valence-electron chi connectivity index (χ0n) is 20.5. The molecule has 1 saturated carbocycles. The van der Waals surface area contributed by atoms with Gasteiger partial charge in [0.1, 0.15) is 10.7 Å². The Morgan fingerprint density at radius 1 is 1.22 bits per heavy atom. The smallest absolute Gasteiger partial charge is 0.273 e. The number of thiazole rings is 1. The summed E-state index contributed by atoms with van der Waals surface area (Å²) in [6, 6.07) is 5.85. The van der Waals surface area contributed by atoms with Gasteiger partial charge in [0.25, 0.3) is 11.8 Å². The zero-order chi connectivity index (χ0) is 25.8. The molecule has 0 unspecified atom stereocenters. The number of nitrogens with two attached hydrogens (primary N) is 1. The highest BCUT2D eigenvalue weighted by Crippen LogP contribution is 2.39. The summed E-state index contributed by atoms with van der Waals surface area (Å²) in [7, 11) is 0. The quantitative estimate of drug-likeness (QED) is 0.501. The molecule has 0 saturated heterocycles. The molecule has 1 aliphatic carbocycles. The Hall–Kier alpha value is -3.86. The van der Waals surface area contributed by atoms with Gasteiger partial charge in [-0.3, -0.25) is 14.4 Å². The van der Waals surface area contributed by atoms with Crippen molar-refractivity contribution in [1.82, 2.24) is 29.8 Å². The Morgan fingerprint density at radius 2 is 2.00 bits per heavy atom. The van der Waals surface area contributed by atoms with Crippen LogP contribution in [-0.2, 0) is 24.3 Å². The Kier molecular flexibility index (Phi) is 5.67. The van der Waals surface area contributed by atoms with Crippen LogP contribution in [0.15, 0.2) is 35.7 Å². The maximum absolute atomic E-state index is 13.4. The molecule has 37 heavy (non-hydrogen) atoms. The Bertz CT molecular complexity index is 1450. The number of benzene rings is 1. The molecule has 0 radical (unpaired) electrons. The molecule has 2 aromatic heterocycles. The van der Waals surface area contributed by atoms with Crippen molar-refractivity contribution in [2.45, 2.75) is 45.3 Å². The van der Waals surface area contributed by atoms with Gasteiger partial charge in [-0.15, -0.1) is 16.4 Å². The van der Waals surface area contributed by atoms with Crippen LogP contribution in [0.25, 0.3) is 10.6 Å².